The molecule has 0 aliphatic heterocycles. The largest absolute Gasteiger partial charge is 0.493 e. The van der Waals surface area contributed by atoms with Gasteiger partial charge in [-0.1, -0.05) is 36.9 Å². The second kappa shape index (κ2) is 8.03. The van der Waals surface area contributed by atoms with Crippen LogP contribution >= 0.6 is 0 Å². The van der Waals surface area contributed by atoms with E-state index < -0.39 is 12.0 Å². The zero-order chi connectivity index (χ0) is 17.5. The summed E-state index contributed by atoms with van der Waals surface area (Å²) in [6.45, 7) is 3.86. The lowest BCUT2D eigenvalue weighted by Crippen LogP contribution is -2.39. The first-order chi connectivity index (χ1) is 11.6. The number of methoxy groups -OCH3 is 2. The first-order valence-corrected chi connectivity index (χ1v) is 7.27. The highest BCUT2D eigenvalue weighted by Gasteiger charge is 2.17. The van der Waals surface area contributed by atoms with Crippen molar-refractivity contribution in [2.45, 2.75) is 6.10 Å². The third-order valence-corrected chi connectivity index (χ3v) is 3.43. The summed E-state index contributed by atoms with van der Waals surface area (Å²) < 4.78 is 10.4. The lowest BCUT2D eigenvalue weighted by atomic mass is 10.1. The predicted molar refractivity (Wildman–Crippen MR) is 91.3 cm³/mol. The van der Waals surface area contributed by atoms with Gasteiger partial charge in [0.25, 0.3) is 5.91 Å². The number of ether oxygens (including phenoxy) is 2. The van der Waals surface area contributed by atoms with E-state index in [-0.39, 0.29) is 0 Å². The molecule has 24 heavy (non-hydrogen) atoms. The van der Waals surface area contributed by atoms with Crippen molar-refractivity contribution in [3.63, 3.8) is 0 Å². The Bertz CT molecular complexity index is 716. The maximum atomic E-state index is 12.0. The average Bonchev–Trinajstić information content (AvgIpc) is 2.65. The molecule has 2 aromatic rings. The van der Waals surface area contributed by atoms with Crippen LogP contribution in [0, 0.1) is 0 Å². The Kier molecular flexibility index (Phi) is 5.81. The topological polar surface area (TPSA) is 79.8 Å². The fraction of sp³-hybridized carbons (Fsp3) is 0.167. The number of hydrazine groups is 1. The van der Waals surface area contributed by atoms with Crippen LogP contribution in [-0.4, -0.2) is 25.2 Å². The zero-order valence-corrected chi connectivity index (χ0v) is 13.6. The summed E-state index contributed by atoms with van der Waals surface area (Å²) in [6, 6.07) is 13.9. The van der Waals surface area contributed by atoms with Gasteiger partial charge < -0.3 is 14.6 Å². The molecule has 126 valence electrons. The molecule has 2 rings (SSSR count). The van der Waals surface area contributed by atoms with Crippen LogP contribution in [0.15, 0.2) is 55.1 Å². The van der Waals surface area contributed by atoms with Gasteiger partial charge in [-0.15, -0.1) is 0 Å². The van der Waals surface area contributed by atoms with E-state index in [1.165, 1.54) is 7.11 Å². The molecular formula is C18H20N2O4. The molecule has 3 N–H and O–H groups in total. The van der Waals surface area contributed by atoms with Crippen molar-refractivity contribution in [2.75, 3.05) is 14.2 Å². The third kappa shape index (κ3) is 4.05. The number of benzene rings is 2. The fourth-order valence-corrected chi connectivity index (χ4v) is 2.09. The Labute approximate surface area is 140 Å². The number of hydrogen-bond donors (Lipinski definition) is 3. The molecule has 0 saturated carbocycles. The number of rotatable bonds is 7. The van der Waals surface area contributed by atoms with E-state index in [4.69, 9.17) is 9.47 Å². The minimum absolute atomic E-state index is 0.449. The molecular weight excluding hydrogens is 308 g/mol. The van der Waals surface area contributed by atoms with Crippen molar-refractivity contribution in [1.29, 1.82) is 0 Å². The van der Waals surface area contributed by atoms with Crippen LogP contribution in [0.5, 0.6) is 11.5 Å². The number of hydrogen-bond acceptors (Lipinski definition) is 5. The third-order valence-electron chi connectivity index (χ3n) is 3.43. The van der Waals surface area contributed by atoms with Gasteiger partial charge in [0.1, 0.15) is 0 Å². The molecule has 0 fully saturated rings. The summed E-state index contributed by atoms with van der Waals surface area (Å²) >= 11 is 0. The Balaban J connectivity index is 1.99. The van der Waals surface area contributed by atoms with Crippen LogP contribution < -0.4 is 20.3 Å². The number of carbonyl (C=O) groups excluding carboxylic acids is 1. The van der Waals surface area contributed by atoms with Gasteiger partial charge in [0, 0.05) is 5.56 Å². The van der Waals surface area contributed by atoms with Crippen molar-refractivity contribution in [3.8, 4) is 11.5 Å². The molecule has 0 radical (unpaired) electrons. The smallest absolute Gasteiger partial charge is 0.271 e. The molecule has 0 heterocycles. The van der Waals surface area contributed by atoms with Crippen molar-refractivity contribution >= 4 is 11.6 Å². The molecule has 0 aliphatic carbocycles. The van der Waals surface area contributed by atoms with Crippen LogP contribution in [0.4, 0.5) is 0 Å². The Morgan fingerprint density at radius 1 is 1.04 bits per heavy atom. The van der Waals surface area contributed by atoms with Crippen LogP contribution in [0.2, 0.25) is 0 Å². The summed E-state index contributed by atoms with van der Waals surface area (Å²) in [5.74, 6) is 0.564. The molecule has 0 aliphatic rings. The lowest BCUT2D eigenvalue weighted by Gasteiger charge is -2.16. The predicted octanol–water partition coefficient (Wildman–Crippen LogP) is 2.03. The summed E-state index contributed by atoms with van der Waals surface area (Å²) in [4.78, 5) is 12.0. The molecule has 0 aromatic heterocycles. The highest BCUT2D eigenvalue weighted by atomic mass is 16.5. The van der Waals surface area contributed by atoms with Crippen molar-refractivity contribution in [3.05, 3.63) is 66.2 Å². The standard InChI is InChI=1S/C18H20N2O4/c1-12(14-9-10-15(23-2)16(11-14)24-3)19-20-18(22)17(21)13-7-5-4-6-8-13/h4-11,17,19,21H,1H2,2-3H3,(H,20,22). The van der Waals surface area contributed by atoms with Gasteiger partial charge in [-0.2, -0.15) is 0 Å². The minimum atomic E-state index is -1.27. The van der Waals surface area contributed by atoms with E-state index in [0.29, 0.717) is 28.3 Å². The second-order valence-corrected chi connectivity index (χ2v) is 4.98. The van der Waals surface area contributed by atoms with Crippen LogP contribution in [0.1, 0.15) is 17.2 Å². The van der Waals surface area contributed by atoms with Gasteiger partial charge >= 0.3 is 0 Å². The van der Waals surface area contributed by atoms with Crippen LogP contribution in [-0.2, 0) is 4.79 Å². The molecule has 0 bridgehead atoms. The van der Waals surface area contributed by atoms with Gasteiger partial charge in [0.15, 0.2) is 17.6 Å². The fourth-order valence-electron chi connectivity index (χ4n) is 2.09. The van der Waals surface area contributed by atoms with E-state index in [1.807, 2.05) is 6.07 Å². The normalized spacial score (nSPS) is 11.3. The maximum Gasteiger partial charge on any atom is 0.271 e. The van der Waals surface area contributed by atoms with Crippen LogP contribution in [0.3, 0.4) is 0 Å². The Hall–Kier alpha value is -2.99. The summed E-state index contributed by atoms with van der Waals surface area (Å²) in [5, 5.41) is 10.0. The highest BCUT2D eigenvalue weighted by Crippen LogP contribution is 2.29. The maximum absolute atomic E-state index is 12.0. The van der Waals surface area contributed by atoms with Crippen LogP contribution in [0.25, 0.3) is 5.70 Å². The van der Waals surface area contributed by atoms with Crippen molar-refractivity contribution < 1.29 is 19.4 Å². The van der Waals surface area contributed by atoms with E-state index in [9.17, 15) is 9.90 Å². The van der Waals surface area contributed by atoms with Gasteiger partial charge in [0.05, 0.1) is 19.9 Å². The lowest BCUT2D eigenvalue weighted by molar-refractivity contribution is -0.130. The van der Waals surface area contributed by atoms with E-state index in [1.54, 1.807) is 49.6 Å². The summed E-state index contributed by atoms with van der Waals surface area (Å²) in [6.07, 6.45) is -1.27. The molecule has 6 nitrogen and oxygen atoms in total. The number of aliphatic hydroxyl groups excluding tert-OH is 1. The van der Waals surface area contributed by atoms with E-state index in [2.05, 4.69) is 17.4 Å². The quantitative estimate of drug-likeness (QED) is 0.678. The summed E-state index contributed by atoms with van der Waals surface area (Å²) in [5.41, 5.74) is 6.79. The molecule has 1 atom stereocenters. The highest BCUT2D eigenvalue weighted by molar-refractivity contribution is 5.82. The number of carbonyl (C=O) groups is 1. The number of nitrogens with one attached hydrogen (secondary N) is 2. The van der Waals surface area contributed by atoms with E-state index in [0.717, 1.165) is 0 Å². The first kappa shape index (κ1) is 17.4. The molecule has 0 spiro atoms. The monoisotopic (exact) mass is 328 g/mol. The molecule has 2 aromatic carbocycles. The minimum Gasteiger partial charge on any atom is -0.493 e. The van der Waals surface area contributed by atoms with Gasteiger partial charge in [-0.05, 0) is 23.8 Å². The molecule has 6 heteroatoms. The number of amides is 1. The van der Waals surface area contributed by atoms with Gasteiger partial charge in [0.2, 0.25) is 0 Å². The second-order valence-electron chi connectivity index (χ2n) is 4.98. The number of aliphatic hydroxyl groups is 1. The molecule has 1 amide bonds. The van der Waals surface area contributed by atoms with Gasteiger partial charge in [-0.3, -0.25) is 15.6 Å². The van der Waals surface area contributed by atoms with Crippen molar-refractivity contribution in [2.24, 2.45) is 0 Å². The zero-order valence-electron chi connectivity index (χ0n) is 13.6. The Morgan fingerprint density at radius 2 is 1.71 bits per heavy atom. The molecule has 1 unspecified atom stereocenters. The van der Waals surface area contributed by atoms with E-state index >= 15 is 0 Å². The van der Waals surface area contributed by atoms with Gasteiger partial charge in [-0.25, -0.2) is 0 Å². The summed E-state index contributed by atoms with van der Waals surface area (Å²) in [7, 11) is 3.09. The average molecular weight is 328 g/mol. The first-order valence-electron chi connectivity index (χ1n) is 7.27. The molecule has 0 saturated heterocycles. The Morgan fingerprint density at radius 3 is 2.33 bits per heavy atom. The van der Waals surface area contributed by atoms with Crippen molar-refractivity contribution in [1.82, 2.24) is 10.9 Å². The SMILES string of the molecule is C=C(NNC(=O)C(O)c1ccccc1)c1ccc(OC)c(OC)c1.